The number of likely N-dealkylation sites (tertiary alicyclic amines) is 1. The van der Waals surface area contributed by atoms with E-state index in [1.54, 1.807) is 29.2 Å². The molecular weight excluding hydrogens is 536 g/mol. The SMILES string of the molecule is COC(=O)[C@@H]1C[C@@H](OCCCCOCc2ccccc2)CN1C(=O)[C@@H](NC(=O)Cc1cccc(O)c1)C1CCCCC1. The Morgan fingerprint density at radius 2 is 1.71 bits per heavy atom. The Kier molecular flexibility index (Phi) is 12.2. The summed E-state index contributed by atoms with van der Waals surface area (Å²) < 4.78 is 16.9. The van der Waals surface area contributed by atoms with Gasteiger partial charge in [0.15, 0.2) is 0 Å². The smallest absolute Gasteiger partial charge is 0.328 e. The Labute approximate surface area is 248 Å². The number of benzene rings is 2. The van der Waals surface area contributed by atoms with E-state index in [0.717, 1.165) is 50.5 Å². The molecule has 4 rings (SSSR count). The molecule has 1 aliphatic carbocycles. The highest BCUT2D eigenvalue weighted by molar-refractivity contribution is 5.92. The molecule has 9 nitrogen and oxygen atoms in total. The van der Waals surface area contributed by atoms with Crippen molar-refractivity contribution in [3.63, 3.8) is 0 Å². The number of hydrogen-bond donors (Lipinski definition) is 2. The van der Waals surface area contributed by atoms with Gasteiger partial charge in [0, 0.05) is 26.2 Å². The zero-order valence-corrected chi connectivity index (χ0v) is 24.5. The molecule has 2 aromatic carbocycles. The van der Waals surface area contributed by atoms with E-state index in [1.807, 2.05) is 30.3 Å². The summed E-state index contributed by atoms with van der Waals surface area (Å²) in [6, 6.07) is 15.1. The average molecular weight is 581 g/mol. The van der Waals surface area contributed by atoms with Crippen LogP contribution in [0.4, 0.5) is 0 Å². The highest BCUT2D eigenvalue weighted by atomic mass is 16.5. The number of carbonyl (C=O) groups is 3. The van der Waals surface area contributed by atoms with Crippen molar-refractivity contribution >= 4 is 17.8 Å². The molecular formula is C33H44N2O7. The second-order valence-corrected chi connectivity index (χ2v) is 11.3. The van der Waals surface area contributed by atoms with Crippen LogP contribution in [0, 0.1) is 5.92 Å². The van der Waals surface area contributed by atoms with E-state index in [-0.39, 0.29) is 42.6 Å². The number of phenolic OH excluding ortho intramolecular Hbond substituents is 1. The first kappa shape index (κ1) is 31.5. The van der Waals surface area contributed by atoms with E-state index in [0.29, 0.717) is 31.8 Å². The number of rotatable bonds is 14. The summed E-state index contributed by atoms with van der Waals surface area (Å²) in [6.45, 7) is 1.98. The minimum atomic E-state index is -0.754. The Bertz CT molecular complexity index is 1150. The average Bonchev–Trinajstić information content (AvgIpc) is 3.44. The molecule has 2 N–H and O–H groups in total. The normalized spacial score (nSPS) is 19.8. The van der Waals surface area contributed by atoms with Gasteiger partial charge in [-0.05, 0) is 54.9 Å². The van der Waals surface area contributed by atoms with Crippen molar-refractivity contribution in [1.82, 2.24) is 10.2 Å². The summed E-state index contributed by atoms with van der Waals surface area (Å²) in [6.07, 6.45) is 6.54. The highest BCUT2D eigenvalue weighted by Gasteiger charge is 2.44. The Balaban J connectivity index is 1.32. The molecule has 2 fully saturated rings. The number of nitrogens with one attached hydrogen (secondary N) is 1. The first-order chi connectivity index (χ1) is 20.4. The van der Waals surface area contributed by atoms with E-state index in [9.17, 15) is 19.5 Å². The van der Waals surface area contributed by atoms with Gasteiger partial charge in [-0.25, -0.2) is 4.79 Å². The van der Waals surface area contributed by atoms with Gasteiger partial charge in [-0.1, -0.05) is 61.7 Å². The highest BCUT2D eigenvalue weighted by Crippen LogP contribution is 2.30. The van der Waals surface area contributed by atoms with Crippen LogP contribution in [0.25, 0.3) is 0 Å². The molecule has 0 radical (unpaired) electrons. The minimum Gasteiger partial charge on any atom is -0.508 e. The minimum absolute atomic E-state index is 0.00599. The van der Waals surface area contributed by atoms with Gasteiger partial charge in [-0.2, -0.15) is 0 Å². The number of methoxy groups -OCH3 is 1. The molecule has 0 spiro atoms. The molecule has 2 aliphatic rings. The molecule has 42 heavy (non-hydrogen) atoms. The molecule has 1 saturated carbocycles. The van der Waals surface area contributed by atoms with Crippen molar-refractivity contribution in [3.8, 4) is 5.75 Å². The number of unbranched alkanes of at least 4 members (excludes halogenated alkanes) is 1. The summed E-state index contributed by atoms with van der Waals surface area (Å²) >= 11 is 0. The molecule has 1 heterocycles. The first-order valence-electron chi connectivity index (χ1n) is 15.1. The Morgan fingerprint density at radius 3 is 2.45 bits per heavy atom. The first-order valence-corrected chi connectivity index (χ1v) is 15.1. The van der Waals surface area contributed by atoms with Crippen LogP contribution in [-0.2, 0) is 41.6 Å². The second kappa shape index (κ2) is 16.3. The topological polar surface area (TPSA) is 114 Å². The summed E-state index contributed by atoms with van der Waals surface area (Å²) in [5, 5.41) is 12.8. The zero-order valence-electron chi connectivity index (χ0n) is 24.5. The maximum absolute atomic E-state index is 14.0. The van der Waals surface area contributed by atoms with Crippen LogP contribution >= 0.6 is 0 Å². The standard InChI is InChI=1S/C33H44N2O7/c1-40-33(39)29-21-28(42-18-9-8-17-41-23-24-11-4-2-5-12-24)22-35(29)32(38)31(26-14-6-3-7-15-26)34-30(37)20-25-13-10-16-27(36)19-25/h2,4-5,10-13,16,19,26,28-29,31,36H,3,6-9,14-15,17-18,20-23H2,1H3,(H,34,37)/t28-,29+,31+/m1/s1. The van der Waals surface area contributed by atoms with Gasteiger partial charge < -0.3 is 29.5 Å². The lowest BCUT2D eigenvalue weighted by atomic mass is 9.83. The summed E-state index contributed by atoms with van der Waals surface area (Å²) in [7, 11) is 1.32. The van der Waals surface area contributed by atoms with Crippen molar-refractivity contribution < 1.29 is 33.7 Å². The third kappa shape index (κ3) is 9.29. The van der Waals surface area contributed by atoms with Crippen molar-refractivity contribution in [2.24, 2.45) is 5.92 Å². The number of phenols is 1. The Hall–Kier alpha value is -3.43. The van der Waals surface area contributed by atoms with Crippen molar-refractivity contribution in [1.29, 1.82) is 0 Å². The van der Waals surface area contributed by atoms with Crippen LogP contribution in [0.3, 0.4) is 0 Å². The molecule has 0 bridgehead atoms. The maximum Gasteiger partial charge on any atom is 0.328 e. The lowest BCUT2D eigenvalue weighted by Crippen LogP contribution is -2.55. The predicted molar refractivity (Wildman–Crippen MR) is 158 cm³/mol. The van der Waals surface area contributed by atoms with Gasteiger partial charge in [-0.15, -0.1) is 0 Å². The van der Waals surface area contributed by atoms with Crippen LogP contribution in [0.2, 0.25) is 0 Å². The molecule has 2 amide bonds. The lowest BCUT2D eigenvalue weighted by Gasteiger charge is -2.34. The number of esters is 1. The van der Waals surface area contributed by atoms with Crippen LogP contribution in [0.5, 0.6) is 5.75 Å². The van der Waals surface area contributed by atoms with E-state index in [1.165, 1.54) is 7.11 Å². The molecule has 9 heteroatoms. The van der Waals surface area contributed by atoms with Gasteiger partial charge in [0.05, 0.1) is 26.2 Å². The fraction of sp³-hybridized carbons (Fsp3) is 0.545. The fourth-order valence-corrected chi connectivity index (χ4v) is 5.95. The molecule has 0 unspecified atom stereocenters. The summed E-state index contributed by atoms with van der Waals surface area (Å²) in [5.74, 6) is -0.947. The number of carbonyl (C=O) groups excluding carboxylic acids is 3. The van der Waals surface area contributed by atoms with Gasteiger partial charge in [0.2, 0.25) is 11.8 Å². The number of nitrogens with zero attached hydrogens (tertiary/aromatic N) is 1. The van der Waals surface area contributed by atoms with E-state index in [4.69, 9.17) is 14.2 Å². The van der Waals surface area contributed by atoms with E-state index >= 15 is 0 Å². The molecule has 2 aromatic rings. The number of hydrogen-bond acceptors (Lipinski definition) is 7. The third-order valence-electron chi connectivity index (χ3n) is 8.15. The number of aromatic hydroxyl groups is 1. The van der Waals surface area contributed by atoms with Crippen molar-refractivity contribution in [2.45, 2.75) is 82.6 Å². The quantitative estimate of drug-likeness (QED) is 0.255. The number of ether oxygens (including phenoxy) is 3. The van der Waals surface area contributed by atoms with Crippen LogP contribution in [0.15, 0.2) is 54.6 Å². The van der Waals surface area contributed by atoms with Gasteiger partial charge in [0.1, 0.15) is 17.8 Å². The lowest BCUT2D eigenvalue weighted by molar-refractivity contribution is -0.152. The van der Waals surface area contributed by atoms with Crippen molar-refractivity contribution in [3.05, 3.63) is 65.7 Å². The van der Waals surface area contributed by atoms with Gasteiger partial charge in [-0.3, -0.25) is 9.59 Å². The van der Waals surface area contributed by atoms with Crippen LogP contribution in [-0.4, -0.2) is 72.8 Å². The van der Waals surface area contributed by atoms with E-state index in [2.05, 4.69) is 5.32 Å². The molecule has 1 aliphatic heterocycles. The Morgan fingerprint density at radius 1 is 0.976 bits per heavy atom. The fourth-order valence-electron chi connectivity index (χ4n) is 5.95. The number of amides is 2. The van der Waals surface area contributed by atoms with E-state index < -0.39 is 18.1 Å². The van der Waals surface area contributed by atoms with Gasteiger partial charge in [0.25, 0.3) is 0 Å². The molecule has 228 valence electrons. The summed E-state index contributed by atoms with van der Waals surface area (Å²) in [5.41, 5.74) is 1.80. The largest absolute Gasteiger partial charge is 0.508 e. The molecule has 0 aromatic heterocycles. The maximum atomic E-state index is 14.0. The molecule has 3 atom stereocenters. The predicted octanol–water partition coefficient (Wildman–Crippen LogP) is 4.16. The van der Waals surface area contributed by atoms with Gasteiger partial charge >= 0.3 is 5.97 Å². The second-order valence-electron chi connectivity index (χ2n) is 11.3. The van der Waals surface area contributed by atoms with Crippen molar-refractivity contribution in [2.75, 3.05) is 26.9 Å². The zero-order chi connectivity index (χ0) is 29.7. The summed E-state index contributed by atoms with van der Waals surface area (Å²) in [4.78, 5) is 41.4. The monoisotopic (exact) mass is 580 g/mol. The third-order valence-corrected chi connectivity index (χ3v) is 8.15. The molecule has 1 saturated heterocycles. The van der Waals surface area contributed by atoms with Crippen LogP contribution < -0.4 is 5.32 Å². The van der Waals surface area contributed by atoms with Crippen LogP contribution in [0.1, 0.15) is 62.5 Å².